The summed E-state index contributed by atoms with van der Waals surface area (Å²) in [6, 6.07) is 0. The fourth-order valence-corrected chi connectivity index (χ4v) is 5.27. The van der Waals surface area contributed by atoms with Gasteiger partial charge in [0, 0.05) is 46.2 Å². The van der Waals surface area contributed by atoms with Gasteiger partial charge in [-0.3, -0.25) is 9.59 Å². The zero-order chi connectivity index (χ0) is 24.8. The molecule has 4 heterocycles. The Hall–Kier alpha value is -2.06. The molecule has 0 bridgehead atoms. The molecule has 2 saturated heterocycles. The molecule has 2 amide bonds. The van der Waals surface area contributed by atoms with E-state index in [0.29, 0.717) is 47.7 Å². The van der Waals surface area contributed by atoms with Crippen LogP contribution in [0.25, 0.3) is 0 Å². The highest BCUT2D eigenvalue weighted by Crippen LogP contribution is 2.27. The Morgan fingerprint density at radius 1 is 0.941 bits per heavy atom. The van der Waals surface area contributed by atoms with E-state index in [-0.39, 0.29) is 5.91 Å². The number of imidazole rings is 2. The van der Waals surface area contributed by atoms with Gasteiger partial charge in [0.05, 0.1) is 30.8 Å². The normalized spacial score (nSPS) is 20.3. The van der Waals surface area contributed by atoms with E-state index in [2.05, 4.69) is 23.8 Å². The number of aryl methyl sites for hydroxylation is 1. The van der Waals surface area contributed by atoms with Crippen molar-refractivity contribution in [2.75, 3.05) is 13.1 Å². The quantitative estimate of drug-likeness (QED) is 0.525. The third kappa shape index (κ3) is 6.54. The molecule has 0 aliphatic carbocycles. The number of hydrogen-bond acceptors (Lipinski definition) is 4. The van der Waals surface area contributed by atoms with Crippen LogP contribution in [0.1, 0.15) is 63.8 Å². The van der Waals surface area contributed by atoms with Gasteiger partial charge in [0.25, 0.3) is 0 Å². The maximum atomic E-state index is 11.9. The first-order valence-electron chi connectivity index (χ1n) is 12.1. The first-order valence-corrected chi connectivity index (χ1v) is 12.9. The predicted octanol–water partition coefficient (Wildman–Crippen LogP) is 4.44. The molecule has 8 nitrogen and oxygen atoms in total. The number of rotatable bonds is 8. The predicted molar refractivity (Wildman–Crippen MR) is 133 cm³/mol. The molecule has 0 aromatic carbocycles. The van der Waals surface area contributed by atoms with E-state index in [1.165, 1.54) is 0 Å². The zero-order valence-electron chi connectivity index (χ0n) is 20.6. The molecule has 10 heteroatoms. The number of hydrogen-bond donors (Lipinski definition) is 0. The topological polar surface area (TPSA) is 76.3 Å². The molecule has 2 fully saturated rings. The first kappa shape index (κ1) is 26.5. The van der Waals surface area contributed by atoms with E-state index in [1.54, 1.807) is 17.9 Å². The lowest BCUT2D eigenvalue weighted by Gasteiger charge is -2.17. The Kier molecular flexibility index (Phi) is 9.42. The van der Waals surface area contributed by atoms with Gasteiger partial charge in [-0.05, 0) is 36.3 Å². The lowest BCUT2D eigenvalue weighted by atomic mass is 10.0. The van der Waals surface area contributed by atoms with Crippen LogP contribution in [0.5, 0.6) is 0 Å². The van der Waals surface area contributed by atoms with Gasteiger partial charge < -0.3 is 18.9 Å². The van der Waals surface area contributed by atoms with Crippen molar-refractivity contribution in [3.8, 4) is 0 Å². The Morgan fingerprint density at radius 2 is 1.50 bits per heavy atom. The third-order valence-corrected chi connectivity index (χ3v) is 7.34. The van der Waals surface area contributed by atoms with Crippen LogP contribution in [0.4, 0.5) is 0 Å². The van der Waals surface area contributed by atoms with Crippen LogP contribution in [0.2, 0.25) is 10.4 Å². The minimum atomic E-state index is 0.196. The molecule has 188 valence electrons. The van der Waals surface area contributed by atoms with E-state index in [0.717, 1.165) is 56.6 Å². The van der Waals surface area contributed by atoms with Crippen molar-refractivity contribution in [2.24, 2.45) is 25.9 Å². The highest BCUT2D eigenvalue weighted by Gasteiger charge is 2.30. The number of aromatic nitrogens is 4. The smallest absolute Gasteiger partial charge is 0.223 e. The molecular formula is C24H36Cl2N6O2. The summed E-state index contributed by atoms with van der Waals surface area (Å²) in [6.45, 7) is 7.24. The number of likely N-dealkylation sites (tertiary alicyclic amines) is 2. The van der Waals surface area contributed by atoms with Crippen LogP contribution in [-0.4, -0.2) is 53.8 Å². The Morgan fingerprint density at radius 3 is 1.94 bits per heavy atom. The summed E-state index contributed by atoms with van der Waals surface area (Å²) in [5.41, 5.74) is 1.90. The van der Waals surface area contributed by atoms with Crippen molar-refractivity contribution >= 4 is 35.0 Å². The number of nitrogens with zero attached hydrogens (tertiary/aromatic N) is 6. The average Bonchev–Trinajstić information content (AvgIpc) is 3.50. The first-order chi connectivity index (χ1) is 16.2. The van der Waals surface area contributed by atoms with Gasteiger partial charge in [0.1, 0.15) is 0 Å². The van der Waals surface area contributed by atoms with Crippen molar-refractivity contribution in [1.82, 2.24) is 28.9 Å². The SMILES string of the molecule is CCCC1CC(=O)N(Cc2c(Cl)nc(Cl)n2C)C1.CCCC1CC(=O)N(Cc2cncn2C)C1. The van der Waals surface area contributed by atoms with Crippen LogP contribution in [0.15, 0.2) is 12.5 Å². The second-order valence-electron chi connectivity index (χ2n) is 9.44. The summed E-state index contributed by atoms with van der Waals surface area (Å²) in [5, 5.41) is 0.737. The largest absolute Gasteiger partial charge is 0.337 e. The summed E-state index contributed by atoms with van der Waals surface area (Å²) in [4.78, 5) is 35.6. The van der Waals surface area contributed by atoms with E-state index in [4.69, 9.17) is 23.2 Å². The second kappa shape index (κ2) is 12.1. The summed E-state index contributed by atoms with van der Waals surface area (Å²) < 4.78 is 3.70. The fourth-order valence-electron chi connectivity index (χ4n) is 4.77. The van der Waals surface area contributed by atoms with E-state index < -0.39 is 0 Å². The van der Waals surface area contributed by atoms with Gasteiger partial charge in [-0.15, -0.1) is 0 Å². The number of halogens is 2. The molecule has 2 aliphatic rings. The van der Waals surface area contributed by atoms with Gasteiger partial charge in [-0.25, -0.2) is 9.97 Å². The molecule has 0 N–H and O–H groups in total. The van der Waals surface area contributed by atoms with Crippen molar-refractivity contribution in [3.63, 3.8) is 0 Å². The number of amides is 2. The summed E-state index contributed by atoms with van der Waals surface area (Å²) in [5.74, 6) is 1.53. The lowest BCUT2D eigenvalue weighted by molar-refractivity contribution is -0.129. The monoisotopic (exact) mass is 510 g/mol. The maximum Gasteiger partial charge on any atom is 0.223 e. The van der Waals surface area contributed by atoms with Crippen LogP contribution in [0, 0.1) is 11.8 Å². The van der Waals surface area contributed by atoms with Crippen molar-refractivity contribution in [1.29, 1.82) is 0 Å². The minimum Gasteiger partial charge on any atom is -0.337 e. The molecule has 2 atom stereocenters. The minimum absolute atomic E-state index is 0.196. The van der Waals surface area contributed by atoms with Gasteiger partial charge in [0.15, 0.2) is 5.15 Å². The highest BCUT2D eigenvalue weighted by molar-refractivity contribution is 6.32. The Bertz CT molecular complexity index is 988. The number of carbonyl (C=O) groups is 2. The van der Waals surface area contributed by atoms with Crippen LogP contribution in [-0.2, 0) is 36.8 Å². The standard InChI is InChI=1S/C12H17Cl2N3O.C12H19N3O/c1-3-4-8-5-10(18)17(6-8)7-9-11(13)15-12(14)16(9)2;1-3-4-10-5-12(16)15(7-10)8-11-6-13-9-14(11)2/h8H,3-7H2,1-2H3;6,9-10H,3-5,7-8H2,1-2H3. The number of carbonyl (C=O) groups excluding carboxylic acids is 2. The second-order valence-corrected chi connectivity index (χ2v) is 10.1. The van der Waals surface area contributed by atoms with E-state index in [9.17, 15) is 9.59 Å². The molecule has 2 aromatic rings. The zero-order valence-corrected chi connectivity index (χ0v) is 22.1. The molecule has 4 rings (SSSR count). The van der Waals surface area contributed by atoms with Crippen molar-refractivity contribution < 1.29 is 9.59 Å². The average molecular weight is 511 g/mol. The van der Waals surface area contributed by atoms with Gasteiger partial charge >= 0.3 is 0 Å². The molecule has 2 aromatic heterocycles. The molecule has 2 unspecified atom stereocenters. The summed E-state index contributed by atoms with van der Waals surface area (Å²) in [6.07, 6.45) is 9.53. The molecule has 0 radical (unpaired) electrons. The Balaban J connectivity index is 0.000000192. The van der Waals surface area contributed by atoms with Gasteiger partial charge in [0.2, 0.25) is 17.1 Å². The van der Waals surface area contributed by atoms with Crippen molar-refractivity contribution in [3.05, 3.63) is 34.3 Å². The van der Waals surface area contributed by atoms with Gasteiger partial charge in [-0.1, -0.05) is 38.3 Å². The van der Waals surface area contributed by atoms with Gasteiger partial charge in [-0.2, -0.15) is 0 Å². The van der Waals surface area contributed by atoms with Crippen LogP contribution in [0.3, 0.4) is 0 Å². The third-order valence-electron chi connectivity index (χ3n) is 6.70. The molecule has 0 saturated carbocycles. The summed E-state index contributed by atoms with van der Waals surface area (Å²) >= 11 is 11.9. The lowest BCUT2D eigenvalue weighted by Crippen LogP contribution is -2.25. The fraction of sp³-hybridized carbons (Fsp3) is 0.667. The highest BCUT2D eigenvalue weighted by atomic mass is 35.5. The summed E-state index contributed by atoms with van der Waals surface area (Å²) in [7, 11) is 3.77. The van der Waals surface area contributed by atoms with Crippen LogP contribution < -0.4 is 0 Å². The molecule has 0 spiro atoms. The van der Waals surface area contributed by atoms with E-state index in [1.807, 2.05) is 27.6 Å². The van der Waals surface area contributed by atoms with Crippen LogP contribution >= 0.6 is 23.2 Å². The molecular weight excluding hydrogens is 475 g/mol. The van der Waals surface area contributed by atoms with Crippen molar-refractivity contribution in [2.45, 2.75) is 65.5 Å². The van der Waals surface area contributed by atoms with E-state index >= 15 is 0 Å². The maximum absolute atomic E-state index is 11.9. The molecule has 2 aliphatic heterocycles. The molecule has 34 heavy (non-hydrogen) atoms. The Labute approximate surface area is 212 Å².